The van der Waals surface area contributed by atoms with Gasteiger partial charge in [0, 0.05) is 12.1 Å². The Labute approximate surface area is 125 Å². The van der Waals surface area contributed by atoms with Gasteiger partial charge in [0.25, 0.3) is 0 Å². The maximum atomic E-state index is 9.43. The number of nitrogens with one attached hydrogen (secondary N) is 1. The molecule has 2 aliphatic rings. The summed E-state index contributed by atoms with van der Waals surface area (Å²) in [6, 6.07) is 3.58. The molecule has 20 heavy (non-hydrogen) atoms. The van der Waals surface area contributed by atoms with Crippen molar-refractivity contribution in [2.75, 3.05) is 0 Å². The van der Waals surface area contributed by atoms with Gasteiger partial charge in [-0.15, -0.1) is 0 Å². The molecule has 114 valence electrons. The van der Waals surface area contributed by atoms with Crippen LogP contribution in [0.2, 0.25) is 0 Å². The molecule has 0 radical (unpaired) electrons. The zero-order chi connectivity index (χ0) is 14.8. The lowest BCUT2D eigenvalue weighted by atomic mass is 9.63. The van der Waals surface area contributed by atoms with Crippen LogP contribution in [-0.2, 0) is 0 Å². The third kappa shape index (κ3) is 4.22. The fourth-order valence-corrected chi connectivity index (χ4v) is 4.93. The number of hydrogen-bond acceptors (Lipinski definition) is 2. The van der Waals surface area contributed by atoms with Crippen molar-refractivity contribution >= 4 is 0 Å². The second-order valence-electron chi connectivity index (χ2n) is 8.76. The van der Waals surface area contributed by atoms with Crippen LogP contribution in [0.25, 0.3) is 0 Å². The molecule has 2 nitrogen and oxygen atoms in total. The Morgan fingerprint density at radius 1 is 0.950 bits per heavy atom. The minimum atomic E-state index is 0.227. The molecular weight excluding hydrogens is 244 g/mol. The first-order chi connectivity index (χ1) is 9.31. The van der Waals surface area contributed by atoms with Gasteiger partial charge in [-0.1, -0.05) is 47.0 Å². The highest BCUT2D eigenvalue weighted by atomic mass is 15.0. The van der Waals surface area contributed by atoms with Gasteiger partial charge in [-0.05, 0) is 42.9 Å². The molecule has 0 heterocycles. The van der Waals surface area contributed by atoms with E-state index in [9.17, 15) is 5.26 Å². The van der Waals surface area contributed by atoms with Gasteiger partial charge in [-0.3, -0.25) is 0 Å². The average Bonchev–Trinajstić information content (AvgIpc) is 2.49. The average molecular weight is 276 g/mol. The quantitative estimate of drug-likeness (QED) is 0.745. The Morgan fingerprint density at radius 2 is 1.55 bits per heavy atom. The van der Waals surface area contributed by atoms with E-state index in [4.69, 9.17) is 0 Å². The Bertz CT molecular complexity index is 348. The lowest BCUT2D eigenvalue weighted by Crippen LogP contribution is -2.49. The second-order valence-corrected chi connectivity index (χ2v) is 8.76. The summed E-state index contributed by atoms with van der Waals surface area (Å²) in [5.74, 6) is 0.227. The van der Waals surface area contributed by atoms with E-state index >= 15 is 0 Å². The smallest absolute Gasteiger partial charge is 0.0672 e. The standard InChI is InChI=1S/C18H32N2/c1-17(2)10-15(11-18(3,4)13-17)20-16-9-7-5-6-8-14(16)12-19/h14-16,20H,5-11,13H2,1-4H3. The summed E-state index contributed by atoms with van der Waals surface area (Å²) in [6.07, 6.45) is 9.93. The van der Waals surface area contributed by atoms with Crippen molar-refractivity contribution in [2.24, 2.45) is 16.7 Å². The molecule has 0 saturated heterocycles. The molecule has 0 aromatic rings. The minimum absolute atomic E-state index is 0.227. The van der Waals surface area contributed by atoms with Crippen LogP contribution in [0.1, 0.15) is 79.1 Å². The number of hydrogen-bond donors (Lipinski definition) is 1. The molecule has 0 bridgehead atoms. The van der Waals surface area contributed by atoms with Crippen LogP contribution in [0.5, 0.6) is 0 Å². The van der Waals surface area contributed by atoms with E-state index in [-0.39, 0.29) is 5.92 Å². The van der Waals surface area contributed by atoms with E-state index in [0.29, 0.717) is 22.9 Å². The Morgan fingerprint density at radius 3 is 2.15 bits per heavy atom. The fourth-order valence-electron chi connectivity index (χ4n) is 4.93. The van der Waals surface area contributed by atoms with Crippen molar-refractivity contribution in [3.63, 3.8) is 0 Å². The van der Waals surface area contributed by atoms with Gasteiger partial charge >= 0.3 is 0 Å². The van der Waals surface area contributed by atoms with E-state index in [1.54, 1.807) is 0 Å². The summed E-state index contributed by atoms with van der Waals surface area (Å²) >= 11 is 0. The zero-order valence-electron chi connectivity index (χ0n) is 13.8. The molecule has 0 aromatic carbocycles. The third-order valence-electron chi connectivity index (χ3n) is 5.19. The molecule has 2 unspecified atom stereocenters. The molecule has 0 aliphatic heterocycles. The maximum Gasteiger partial charge on any atom is 0.0672 e. The summed E-state index contributed by atoms with van der Waals surface area (Å²) in [5, 5.41) is 13.3. The number of nitrogens with zero attached hydrogens (tertiary/aromatic N) is 1. The lowest BCUT2D eigenvalue weighted by Gasteiger charge is -2.46. The second kappa shape index (κ2) is 6.06. The molecule has 1 N–H and O–H groups in total. The highest BCUT2D eigenvalue weighted by Crippen LogP contribution is 2.46. The first kappa shape index (κ1) is 15.8. The minimum Gasteiger partial charge on any atom is -0.310 e. The summed E-state index contributed by atoms with van der Waals surface area (Å²) in [4.78, 5) is 0. The van der Waals surface area contributed by atoms with Crippen molar-refractivity contribution < 1.29 is 0 Å². The summed E-state index contributed by atoms with van der Waals surface area (Å²) in [6.45, 7) is 9.60. The van der Waals surface area contributed by atoms with Gasteiger partial charge in [0.15, 0.2) is 0 Å². The van der Waals surface area contributed by atoms with Crippen LogP contribution in [0, 0.1) is 28.1 Å². The molecule has 2 aliphatic carbocycles. The topological polar surface area (TPSA) is 35.8 Å². The number of rotatable bonds is 2. The van der Waals surface area contributed by atoms with Gasteiger partial charge in [0.1, 0.15) is 0 Å². The molecule has 2 fully saturated rings. The molecule has 0 aromatic heterocycles. The van der Waals surface area contributed by atoms with E-state index in [1.807, 2.05) is 0 Å². The van der Waals surface area contributed by atoms with Crippen molar-refractivity contribution in [2.45, 2.75) is 91.1 Å². The normalized spacial score (nSPS) is 34.1. The summed E-state index contributed by atoms with van der Waals surface area (Å²) in [7, 11) is 0. The highest BCUT2D eigenvalue weighted by Gasteiger charge is 2.39. The van der Waals surface area contributed by atoms with Crippen LogP contribution < -0.4 is 5.32 Å². The van der Waals surface area contributed by atoms with E-state index in [2.05, 4.69) is 39.1 Å². The molecule has 2 saturated carbocycles. The van der Waals surface area contributed by atoms with Crippen LogP contribution >= 0.6 is 0 Å². The summed E-state index contributed by atoms with van der Waals surface area (Å²) < 4.78 is 0. The van der Waals surface area contributed by atoms with Gasteiger partial charge in [-0.2, -0.15) is 5.26 Å². The van der Waals surface area contributed by atoms with E-state index in [1.165, 1.54) is 44.9 Å². The molecular formula is C18H32N2. The van der Waals surface area contributed by atoms with Crippen molar-refractivity contribution in [3.05, 3.63) is 0 Å². The van der Waals surface area contributed by atoms with Gasteiger partial charge in [0.2, 0.25) is 0 Å². The molecule has 0 amide bonds. The van der Waals surface area contributed by atoms with Crippen LogP contribution in [0.4, 0.5) is 0 Å². The largest absolute Gasteiger partial charge is 0.310 e. The Kier molecular flexibility index (Phi) is 4.80. The molecule has 0 spiro atoms. The van der Waals surface area contributed by atoms with E-state index in [0.717, 1.165) is 6.42 Å². The summed E-state index contributed by atoms with van der Waals surface area (Å²) in [5.41, 5.74) is 0.846. The molecule has 2 atom stereocenters. The highest BCUT2D eigenvalue weighted by molar-refractivity contribution is 4.98. The van der Waals surface area contributed by atoms with Crippen LogP contribution in [0.15, 0.2) is 0 Å². The SMILES string of the molecule is CC1(C)CC(NC2CCCCCC2C#N)CC(C)(C)C1. The van der Waals surface area contributed by atoms with Crippen molar-refractivity contribution in [1.82, 2.24) is 5.32 Å². The van der Waals surface area contributed by atoms with Gasteiger partial charge in [-0.25, -0.2) is 0 Å². The van der Waals surface area contributed by atoms with Crippen molar-refractivity contribution in [1.29, 1.82) is 5.26 Å². The maximum absolute atomic E-state index is 9.43. The molecule has 2 heteroatoms. The predicted octanol–water partition coefficient (Wildman–Crippen LogP) is 4.65. The lowest BCUT2D eigenvalue weighted by molar-refractivity contribution is 0.0772. The van der Waals surface area contributed by atoms with Crippen LogP contribution in [-0.4, -0.2) is 12.1 Å². The van der Waals surface area contributed by atoms with Crippen LogP contribution in [0.3, 0.4) is 0 Å². The first-order valence-electron chi connectivity index (χ1n) is 8.47. The van der Waals surface area contributed by atoms with E-state index < -0.39 is 0 Å². The van der Waals surface area contributed by atoms with Gasteiger partial charge < -0.3 is 5.32 Å². The first-order valence-corrected chi connectivity index (χ1v) is 8.47. The Balaban J connectivity index is 2.02. The van der Waals surface area contributed by atoms with Gasteiger partial charge in [0.05, 0.1) is 12.0 Å². The Hall–Kier alpha value is -0.550. The third-order valence-corrected chi connectivity index (χ3v) is 5.19. The van der Waals surface area contributed by atoms with Crippen molar-refractivity contribution in [3.8, 4) is 6.07 Å². The fraction of sp³-hybridized carbons (Fsp3) is 0.944. The molecule has 2 rings (SSSR count). The monoisotopic (exact) mass is 276 g/mol. The predicted molar refractivity (Wildman–Crippen MR) is 84.3 cm³/mol. The zero-order valence-corrected chi connectivity index (χ0v) is 13.8. The number of nitriles is 1.